The molecule has 1 heterocycles. The van der Waals surface area contributed by atoms with Gasteiger partial charge in [-0.15, -0.1) is 0 Å². The predicted octanol–water partition coefficient (Wildman–Crippen LogP) is 2.66. The van der Waals surface area contributed by atoms with E-state index in [1.807, 2.05) is 6.92 Å². The average Bonchev–Trinajstić information content (AvgIpc) is 2.25. The smallest absolute Gasteiger partial charge is 0.223 e. The van der Waals surface area contributed by atoms with Crippen LogP contribution in [0.3, 0.4) is 0 Å². The molecule has 0 spiro atoms. The van der Waals surface area contributed by atoms with Gasteiger partial charge in [0.2, 0.25) is 5.95 Å². The molecule has 0 aromatic carbocycles. The molecule has 1 aromatic heterocycles. The largest absolute Gasteiger partial charge is 0.352 e. The molecule has 0 saturated heterocycles. The lowest BCUT2D eigenvalue weighted by atomic mass is 10.1. The Bertz CT molecular complexity index is 374. The van der Waals surface area contributed by atoms with Crippen LogP contribution in [0.5, 0.6) is 0 Å². The first-order valence-corrected chi connectivity index (χ1v) is 6.65. The summed E-state index contributed by atoms with van der Waals surface area (Å²) < 4.78 is 0. The Kier molecular flexibility index (Phi) is 5.54. The molecular weight excluding hydrogens is 224 g/mol. The highest BCUT2D eigenvalue weighted by Crippen LogP contribution is 2.15. The molecule has 102 valence electrons. The number of hydrogen-bond acceptors (Lipinski definition) is 4. The molecule has 0 fully saturated rings. The molecule has 0 bridgehead atoms. The molecule has 0 aliphatic carbocycles. The molecule has 0 amide bonds. The van der Waals surface area contributed by atoms with E-state index in [1.54, 1.807) is 0 Å². The molecule has 0 radical (unpaired) electrons. The molecule has 1 N–H and O–H groups in total. The van der Waals surface area contributed by atoms with Crippen LogP contribution in [0.25, 0.3) is 0 Å². The van der Waals surface area contributed by atoms with Crippen LogP contribution in [0.15, 0.2) is 6.07 Å². The summed E-state index contributed by atoms with van der Waals surface area (Å²) in [7, 11) is 4.18. The molecule has 1 atom stereocenters. The third kappa shape index (κ3) is 5.00. The fourth-order valence-corrected chi connectivity index (χ4v) is 1.70. The van der Waals surface area contributed by atoms with Gasteiger partial charge in [-0.05, 0) is 52.9 Å². The molecule has 4 nitrogen and oxygen atoms in total. The summed E-state index contributed by atoms with van der Waals surface area (Å²) >= 11 is 0. The van der Waals surface area contributed by atoms with E-state index in [1.165, 1.54) is 0 Å². The first-order valence-electron chi connectivity index (χ1n) is 6.65. The van der Waals surface area contributed by atoms with Gasteiger partial charge in [0.1, 0.15) is 0 Å². The minimum atomic E-state index is 0.384. The van der Waals surface area contributed by atoms with E-state index in [0.29, 0.717) is 12.0 Å². The van der Waals surface area contributed by atoms with Crippen LogP contribution in [0.1, 0.15) is 44.5 Å². The number of nitrogens with zero attached hydrogens (tertiary/aromatic N) is 3. The zero-order valence-electron chi connectivity index (χ0n) is 12.5. The summed E-state index contributed by atoms with van der Waals surface area (Å²) in [6.07, 6.45) is 1.08. The first-order chi connectivity index (χ1) is 8.38. The van der Waals surface area contributed by atoms with Gasteiger partial charge in [0, 0.05) is 17.4 Å². The van der Waals surface area contributed by atoms with Gasteiger partial charge >= 0.3 is 0 Å². The molecule has 1 unspecified atom stereocenters. The Morgan fingerprint density at radius 3 is 2.44 bits per heavy atom. The van der Waals surface area contributed by atoms with Crippen molar-refractivity contribution in [2.24, 2.45) is 0 Å². The van der Waals surface area contributed by atoms with Crippen LogP contribution in [0.4, 0.5) is 5.95 Å². The van der Waals surface area contributed by atoms with E-state index < -0.39 is 0 Å². The van der Waals surface area contributed by atoms with Gasteiger partial charge in [-0.1, -0.05) is 13.8 Å². The fourth-order valence-electron chi connectivity index (χ4n) is 1.70. The minimum Gasteiger partial charge on any atom is -0.352 e. The molecule has 1 rings (SSSR count). The van der Waals surface area contributed by atoms with Gasteiger partial charge in [-0.25, -0.2) is 9.97 Å². The highest BCUT2D eigenvalue weighted by Gasteiger charge is 2.08. The Labute approximate surface area is 111 Å². The average molecular weight is 250 g/mol. The lowest BCUT2D eigenvalue weighted by molar-refractivity contribution is 0.390. The number of hydrogen-bond donors (Lipinski definition) is 1. The quantitative estimate of drug-likeness (QED) is 0.842. The zero-order chi connectivity index (χ0) is 13.7. The molecule has 0 aliphatic rings. The number of anilines is 1. The molecule has 0 aliphatic heterocycles. The highest BCUT2D eigenvalue weighted by atomic mass is 15.1. The van der Waals surface area contributed by atoms with Gasteiger partial charge in [0.05, 0.1) is 0 Å². The van der Waals surface area contributed by atoms with E-state index in [4.69, 9.17) is 0 Å². The van der Waals surface area contributed by atoms with Crippen molar-refractivity contribution in [1.82, 2.24) is 14.9 Å². The second-order valence-corrected chi connectivity index (χ2v) is 5.55. The van der Waals surface area contributed by atoms with Crippen LogP contribution in [0.2, 0.25) is 0 Å². The van der Waals surface area contributed by atoms with E-state index in [-0.39, 0.29) is 0 Å². The summed E-state index contributed by atoms with van der Waals surface area (Å²) in [6.45, 7) is 9.56. The van der Waals surface area contributed by atoms with Crippen molar-refractivity contribution in [3.8, 4) is 0 Å². The summed E-state index contributed by atoms with van der Waals surface area (Å²) in [6, 6.07) is 2.44. The normalized spacial score (nSPS) is 13.1. The van der Waals surface area contributed by atoms with Crippen molar-refractivity contribution in [3.63, 3.8) is 0 Å². The Hall–Kier alpha value is -1.16. The van der Waals surface area contributed by atoms with Crippen molar-refractivity contribution < 1.29 is 0 Å². The van der Waals surface area contributed by atoms with Crippen LogP contribution < -0.4 is 5.32 Å². The van der Waals surface area contributed by atoms with Crippen LogP contribution in [0, 0.1) is 6.92 Å². The number of aryl methyl sites for hydroxylation is 1. The maximum absolute atomic E-state index is 4.56. The third-order valence-corrected chi connectivity index (χ3v) is 2.85. The minimum absolute atomic E-state index is 0.384. The maximum atomic E-state index is 4.56. The molecule has 1 aromatic rings. The third-order valence-electron chi connectivity index (χ3n) is 2.85. The van der Waals surface area contributed by atoms with E-state index in [2.05, 4.69) is 61.1 Å². The van der Waals surface area contributed by atoms with Gasteiger partial charge in [0.15, 0.2) is 0 Å². The van der Waals surface area contributed by atoms with Gasteiger partial charge in [0.25, 0.3) is 0 Å². The Balaban J connectivity index is 2.66. The van der Waals surface area contributed by atoms with Crippen molar-refractivity contribution in [3.05, 3.63) is 17.5 Å². The summed E-state index contributed by atoms with van der Waals surface area (Å²) in [5, 5.41) is 3.38. The first kappa shape index (κ1) is 14.9. The van der Waals surface area contributed by atoms with E-state index in [0.717, 1.165) is 30.3 Å². The maximum Gasteiger partial charge on any atom is 0.223 e. The van der Waals surface area contributed by atoms with Crippen LogP contribution >= 0.6 is 0 Å². The van der Waals surface area contributed by atoms with Gasteiger partial charge in [-0.2, -0.15) is 0 Å². The lowest BCUT2D eigenvalue weighted by Crippen LogP contribution is -2.24. The molecule has 0 saturated carbocycles. The van der Waals surface area contributed by atoms with E-state index >= 15 is 0 Å². The monoisotopic (exact) mass is 250 g/mol. The molecule has 18 heavy (non-hydrogen) atoms. The number of rotatable bonds is 6. The van der Waals surface area contributed by atoms with Crippen molar-refractivity contribution in [2.45, 2.75) is 46.1 Å². The van der Waals surface area contributed by atoms with Gasteiger partial charge < -0.3 is 10.2 Å². The Morgan fingerprint density at radius 2 is 1.89 bits per heavy atom. The zero-order valence-corrected chi connectivity index (χ0v) is 12.5. The number of nitrogens with one attached hydrogen (secondary N) is 1. The van der Waals surface area contributed by atoms with Gasteiger partial charge in [-0.3, -0.25) is 0 Å². The fraction of sp³-hybridized carbons (Fsp3) is 0.714. The Morgan fingerprint density at radius 1 is 1.22 bits per heavy atom. The summed E-state index contributed by atoms with van der Waals surface area (Å²) in [5.41, 5.74) is 2.13. The second-order valence-electron chi connectivity index (χ2n) is 5.55. The topological polar surface area (TPSA) is 41.1 Å². The van der Waals surface area contributed by atoms with Crippen molar-refractivity contribution >= 4 is 5.95 Å². The summed E-state index contributed by atoms with van der Waals surface area (Å²) in [4.78, 5) is 11.2. The SMILES string of the molecule is Cc1cc(C(C)C)nc(NC(C)CCN(C)C)n1. The molecular formula is C14H26N4. The lowest BCUT2D eigenvalue weighted by Gasteiger charge is -2.17. The van der Waals surface area contributed by atoms with E-state index in [9.17, 15) is 0 Å². The van der Waals surface area contributed by atoms with Crippen LogP contribution in [-0.2, 0) is 0 Å². The standard InChI is InChI=1S/C14H26N4/c1-10(2)13-9-12(4)16-14(17-13)15-11(3)7-8-18(5)6/h9-11H,7-8H2,1-6H3,(H,15,16,17). The predicted molar refractivity (Wildman–Crippen MR) is 77.1 cm³/mol. The highest BCUT2D eigenvalue weighted by molar-refractivity contribution is 5.30. The summed E-state index contributed by atoms with van der Waals surface area (Å²) in [5.74, 6) is 1.19. The van der Waals surface area contributed by atoms with Crippen molar-refractivity contribution in [1.29, 1.82) is 0 Å². The van der Waals surface area contributed by atoms with Crippen molar-refractivity contribution in [2.75, 3.05) is 26.0 Å². The second kappa shape index (κ2) is 6.69. The number of aromatic nitrogens is 2. The van der Waals surface area contributed by atoms with Crippen LogP contribution in [-0.4, -0.2) is 41.5 Å². The molecule has 4 heteroatoms.